The highest BCUT2D eigenvalue weighted by Crippen LogP contribution is 2.44. The number of carbonyl (C=O) groups is 2. The van der Waals surface area contributed by atoms with Crippen LogP contribution in [0.4, 0.5) is 5.13 Å². The average Bonchev–Trinajstić information content (AvgIpc) is 3.51. The molecular weight excluding hydrogens is 518 g/mol. The van der Waals surface area contributed by atoms with Crippen molar-refractivity contribution >= 4 is 33.9 Å². The average molecular weight is 542 g/mol. The van der Waals surface area contributed by atoms with Crippen molar-refractivity contribution in [1.29, 1.82) is 0 Å². The van der Waals surface area contributed by atoms with Gasteiger partial charge in [-0.25, -0.2) is 0 Å². The zero-order valence-corrected chi connectivity index (χ0v) is 21.7. The van der Waals surface area contributed by atoms with E-state index in [0.29, 0.717) is 53.2 Å². The van der Waals surface area contributed by atoms with E-state index in [0.717, 1.165) is 5.56 Å². The van der Waals surface area contributed by atoms with E-state index in [1.54, 1.807) is 49.4 Å². The molecule has 0 spiro atoms. The van der Waals surface area contributed by atoms with Gasteiger partial charge in [-0.3, -0.25) is 14.5 Å². The first-order valence-corrected chi connectivity index (χ1v) is 13.1. The number of Topliss-reactive ketones (excluding diaryl/α,β-unsaturated/α-hetero) is 1. The van der Waals surface area contributed by atoms with Gasteiger partial charge in [-0.1, -0.05) is 53.8 Å². The molecule has 1 aromatic heterocycles. The molecule has 1 atom stereocenters. The molecule has 3 aromatic carbocycles. The summed E-state index contributed by atoms with van der Waals surface area (Å²) in [5.74, 6) is -0.402. The molecule has 1 unspecified atom stereocenters. The summed E-state index contributed by atoms with van der Waals surface area (Å²) in [6.45, 7) is 2.90. The molecule has 1 saturated heterocycles. The third kappa shape index (κ3) is 4.70. The van der Waals surface area contributed by atoms with Crippen molar-refractivity contribution in [2.45, 2.75) is 19.6 Å². The van der Waals surface area contributed by atoms with E-state index >= 15 is 0 Å². The van der Waals surface area contributed by atoms with Crippen molar-refractivity contribution in [2.75, 3.05) is 18.1 Å². The van der Waals surface area contributed by atoms with Crippen molar-refractivity contribution < 1.29 is 28.9 Å². The van der Waals surface area contributed by atoms with Crippen LogP contribution in [0.3, 0.4) is 0 Å². The quantitative estimate of drug-likeness (QED) is 0.210. The number of aliphatic hydroxyl groups excluding tert-OH is 1. The molecule has 196 valence electrons. The Bertz CT molecular complexity index is 1600. The molecule has 2 aliphatic heterocycles. The SMILES string of the molecule is Cc1nnc(N2C(=O)C(=O)C(=C(O)c3ccc4c(c3)OCCO4)C2c2cccc(OCc3ccccc3)c2)s1. The summed E-state index contributed by atoms with van der Waals surface area (Å²) in [6.07, 6.45) is 0. The number of nitrogens with zero attached hydrogens (tertiary/aromatic N) is 3. The Morgan fingerprint density at radius 3 is 2.56 bits per heavy atom. The van der Waals surface area contributed by atoms with Crippen molar-refractivity contribution in [2.24, 2.45) is 0 Å². The second-order valence-corrected chi connectivity index (χ2v) is 10.1. The van der Waals surface area contributed by atoms with Gasteiger partial charge in [-0.2, -0.15) is 0 Å². The molecule has 1 amide bonds. The lowest BCUT2D eigenvalue weighted by Gasteiger charge is -2.23. The molecule has 6 rings (SSSR count). The molecule has 10 heteroatoms. The molecular formula is C29H23N3O6S. The molecule has 0 saturated carbocycles. The number of benzene rings is 3. The number of carbonyl (C=O) groups excluding carboxylic acids is 2. The molecule has 0 aliphatic carbocycles. The Hall–Kier alpha value is -4.70. The summed E-state index contributed by atoms with van der Waals surface area (Å²) in [7, 11) is 0. The lowest BCUT2D eigenvalue weighted by Crippen LogP contribution is -2.29. The van der Waals surface area contributed by atoms with Gasteiger partial charge in [0, 0.05) is 5.56 Å². The first kappa shape index (κ1) is 24.6. The van der Waals surface area contributed by atoms with Crippen LogP contribution in [0.15, 0.2) is 78.4 Å². The normalized spacial score (nSPS) is 17.9. The van der Waals surface area contributed by atoms with Crippen molar-refractivity contribution in [3.8, 4) is 17.2 Å². The number of amides is 1. The third-order valence-electron chi connectivity index (χ3n) is 6.40. The number of ketones is 1. The minimum absolute atomic E-state index is 0.0651. The number of aliphatic hydroxyl groups is 1. The molecule has 0 radical (unpaired) electrons. The van der Waals surface area contributed by atoms with E-state index in [9.17, 15) is 14.7 Å². The van der Waals surface area contributed by atoms with E-state index in [-0.39, 0.29) is 16.5 Å². The summed E-state index contributed by atoms with van der Waals surface area (Å²) < 4.78 is 17.2. The standard InChI is InChI=1S/C29H23N3O6S/c1-17-30-31-29(39-17)32-25(19-8-5-9-21(14-19)38-16-18-6-3-2-4-7-18)24(27(34)28(32)35)26(33)20-10-11-22-23(15-20)37-13-12-36-22/h2-11,14-15,25,33H,12-13,16H2,1H3. The molecule has 39 heavy (non-hydrogen) atoms. The summed E-state index contributed by atoms with van der Waals surface area (Å²) in [5.41, 5.74) is 1.83. The van der Waals surface area contributed by atoms with Crippen molar-refractivity contribution in [3.63, 3.8) is 0 Å². The smallest absolute Gasteiger partial charge is 0.301 e. The highest BCUT2D eigenvalue weighted by atomic mass is 32.1. The summed E-state index contributed by atoms with van der Waals surface area (Å²) >= 11 is 1.19. The third-order valence-corrected chi connectivity index (χ3v) is 7.24. The van der Waals surface area contributed by atoms with Gasteiger partial charge in [-0.05, 0) is 48.4 Å². The Morgan fingerprint density at radius 2 is 1.79 bits per heavy atom. The van der Waals surface area contributed by atoms with Gasteiger partial charge in [0.2, 0.25) is 5.13 Å². The lowest BCUT2D eigenvalue weighted by molar-refractivity contribution is -0.132. The molecule has 3 heterocycles. The summed E-state index contributed by atoms with van der Waals surface area (Å²) in [4.78, 5) is 28.1. The van der Waals surface area contributed by atoms with Gasteiger partial charge in [0.1, 0.15) is 36.3 Å². The molecule has 4 aromatic rings. The van der Waals surface area contributed by atoms with Crippen LogP contribution in [0.1, 0.15) is 27.7 Å². The predicted octanol–water partition coefficient (Wildman–Crippen LogP) is 4.82. The van der Waals surface area contributed by atoms with E-state index in [1.807, 2.05) is 30.3 Å². The van der Waals surface area contributed by atoms with Gasteiger partial charge in [-0.15, -0.1) is 10.2 Å². The number of anilines is 1. The minimum atomic E-state index is -0.953. The highest BCUT2D eigenvalue weighted by molar-refractivity contribution is 7.15. The molecule has 1 N–H and O–H groups in total. The predicted molar refractivity (Wildman–Crippen MR) is 144 cm³/mol. The number of fused-ring (bicyclic) bond motifs is 1. The molecule has 9 nitrogen and oxygen atoms in total. The Balaban J connectivity index is 1.44. The Labute approximate surface area is 227 Å². The van der Waals surface area contributed by atoms with E-state index in [4.69, 9.17) is 14.2 Å². The van der Waals surface area contributed by atoms with Crippen LogP contribution in [0, 0.1) is 6.92 Å². The van der Waals surface area contributed by atoms with Crippen LogP contribution in [0.5, 0.6) is 17.2 Å². The maximum Gasteiger partial charge on any atom is 0.301 e. The van der Waals surface area contributed by atoms with Crippen LogP contribution in [0.2, 0.25) is 0 Å². The maximum atomic E-state index is 13.4. The van der Waals surface area contributed by atoms with Gasteiger partial charge in [0.05, 0.1) is 11.6 Å². The van der Waals surface area contributed by atoms with Gasteiger partial charge in [0.25, 0.3) is 5.78 Å². The lowest BCUT2D eigenvalue weighted by atomic mass is 9.95. The molecule has 1 fully saturated rings. The second kappa shape index (κ2) is 10.2. The number of ether oxygens (including phenoxy) is 3. The first-order chi connectivity index (χ1) is 19.0. The fourth-order valence-corrected chi connectivity index (χ4v) is 5.30. The maximum absolute atomic E-state index is 13.4. The fraction of sp³-hybridized carbons (Fsp3) is 0.172. The Kier molecular flexibility index (Phi) is 6.45. The number of aromatic nitrogens is 2. The monoisotopic (exact) mass is 541 g/mol. The van der Waals surface area contributed by atoms with Gasteiger partial charge < -0.3 is 19.3 Å². The molecule has 2 aliphatic rings. The topological polar surface area (TPSA) is 111 Å². The van der Waals surface area contributed by atoms with E-state index < -0.39 is 17.7 Å². The first-order valence-electron chi connectivity index (χ1n) is 12.3. The van der Waals surface area contributed by atoms with Gasteiger partial charge >= 0.3 is 5.91 Å². The largest absolute Gasteiger partial charge is 0.507 e. The number of aryl methyl sites for hydroxylation is 1. The van der Waals surface area contributed by atoms with E-state index in [2.05, 4.69) is 10.2 Å². The zero-order valence-electron chi connectivity index (χ0n) is 20.9. The second-order valence-electron chi connectivity index (χ2n) is 8.98. The number of hydrogen-bond acceptors (Lipinski definition) is 9. The number of rotatable bonds is 6. The summed E-state index contributed by atoms with van der Waals surface area (Å²) in [6, 6.07) is 20.8. The fourth-order valence-electron chi connectivity index (χ4n) is 4.59. The van der Waals surface area contributed by atoms with Crippen molar-refractivity contribution in [1.82, 2.24) is 10.2 Å². The Morgan fingerprint density at radius 1 is 1.00 bits per heavy atom. The van der Waals surface area contributed by atoms with Crippen LogP contribution in [0.25, 0.3) is 5.76 Å². The van der Waals surface area contributed by atoms with Crippen LogP contribution < -0.4 is 19.1 Å². The zero-order chi connectivity index (χ0) is 26.9. The van der Waals surface area contributed by atoms with Crippen molar-refractivity contribution in [3.05, 3.63) is 100 Å². The minimum Gasteiger partial charge on any atom is -0.507 e. The molecule has 0 bridgehead atoms. The van der Waals surface area contributed by atoms with E-state index in [1.165, 1.54) is 16.2 Å². The van der Waals surface area contributed by atoms with Gasteiger partial charge in [0.15, 0.2) is 11.5 Å². The highest BCUT2D eigenvalue weighted by Gasteiger charge is 2.48. The van der Waals surface area contributed by atoms with Crippen LogP contribution in [-0.4, -0.2) is 40.2 Å². The van der Waals surface area contributed by atoms with Crippen LogP contribution in [-0.2, 0) is 16.2 Å². The van der Waals surface area contributed by atoms with Crippen LogP contribution >= 0.6 is 11.3 Å². The summed E-state index contributed by atoms with van der Waals surface area (Å²) in [5, 5.41) is 20.5. The number of hydrogen-bond donors (Lipinski definition) is 1.